The lowest BCUT2D eigenvalue weighted by Gasteiger charge is -2.28. The van der Waals surface area contributed by atoms with E-state index in [-0.39, 0.29) is 30.2 Å². The standard InChI is InChI=1S/C20H25FN4O2/c21-15-5-3-4-14(8-15)20(27)23-16-10-22-25(11-16)18-9-19(13-26)24(12-18)17-6-1-2-7-17/h3-5,8,10-11,17-19,26H,1-2,6-7,9,12-13H2,(H,23,27)/t18-,19-/m0/s1. The van der Waals surface area contributed by atoms with Gasteiger partial charge in [0.15, 0.2) is 0 Å². The first kappa shape index (κ1) is 18.1. The number of aromatic nitrogens is 2. The van der Waals surface area contributed by atoms with E-state index in [9.17, 15) is 14.3 Å². The van der Waals surface area contributed by atoms with Crippen LogP contribution >= 0.6 is 0 Å². The maximum atomic E-state index is 13.3. The van der Waals surface area contributed by atoms with Crippen LogP contribution in [0.15, 0.2) is 36.7 Å². The molecule has 1 amide bonds. The Morgan fingerprint density at radius 2 is 2.11 bits per heavy atom. The van der Waals surface area contributed by atoms with Crippen LogP contribution in [0.4, 0.5) is 10.1 Å². The average molecular weight is 372 g/mol. The molecule has 2 aliphatic rings. The van der Waals surface area contributed by atoms with Crippen LogP contribution in [-0.4, -0.2) is 50.9 Å². The molecule has 7 heteroatoms. The quantitative estimate of drug-likeness (QED) is 0.847. The van der Waals surface area contributed by atoms with Crippen LogP contribution in [0.25, 0.3) is 0 Å². The van der Waals surface area contributed by atoms with Crippen molar-refractivity contribution in [2.75, 3.05) is 18.5 Å². The number of hydrogen-bond donors (Lipinski definition) is 2. The second-order valence-corrected chi connectivity index (χ2v) is 7.53. The fourth-order valence-electron chi connectivity index (χ4n) is 4.41. The van der Waals surface area contributed by atoms with Gasteiger partial charge in [-0.3, -0.25) is 14.4 Å². The smallest absolute Gasteiger partial charge is 0.255 e. The van der Waals surface area contributed by atoms with Crippen molar-refractivity contribution in [2.45, 2.75) is 50.2 Å². The van der Waals surface area contributed by atoms with Gasteiger partial charge in [0.05, 0.1) is 24.5 Å². The van der Waals surface area contributed by atoms with Gasteiger partial charge in [0, 0.05) is 30.4 Å². The molecule has 144 valence electrons. The van der Waals surface area contributed by atoms with E-state index >= 15 is 0 Å². The van der Waals surface area contributed by atoms with Crippen LogP contribution in [0.3, 0.4) is 0 Å². The minimum atomic E-state index is -0.439. The lowest BCUT2D eigenvalue weighted by atomic mass is 10.1. The van der Waals surface area contributed by atoms with Crippen LogP contribution < -0.4 is 5.32 Å². The Balaban J connectivity index is 1.42. The van der Waals surface area contributed by atoms with Gasteiger partial charge in [-0.2, -0.15) is 5.10 Å². The minimum Gasteiger partial charge on any atom is -0.395 e. The molecule has 0 radical (unpaired) electrons. The Bertz CT molecular complexity index is 803. The van der Waals surface area contributed by atoms with Gasteiger partial charge in [0.2, 0.25) is 0 Å². The molecule has 2 N–H and O–H groups in total. The molecule has 1 aromatic heterocycles. The Labute approximate surface area is 158 Å². The molecule has 2 fully saturated rings. The summed E-state index contributed by atoms with van der Waals surface area (Å²) >= 11 is 0. The van der Waals surface area contributed by atoms with Crippen LogP contribution in [0, 0.1) is 5.82 Å². The van der Waals surface area contributed by atoms with Crippen LogP contribution in [0.2, 0.25) is 0 Å². The molecule has 1 saturated carbocycles. The zero-order valence-corrected chi connectivity index (χ0v) is 15.2. The maximum Gasteiger partial charge on any atom is 0.255 e. The Kier molecular flexibility index (Phi) is 5.22. The number of aliphatic hydroxyl groups is 1. The summed E-state index contributed by atoms with van der Waals surface area (Å²) in [5, 5.41) is 17.0. The maximum absolute atomic E-state index is 13.3. The number of carbonyl (C=O) groups excluding carboxylic acids is 1. The number of likely N-dealkylation sites (tertiary alicyclic amines) is 1. The summed E-state index contributed by atoms with van der Waals surface area (Å²) in [7, 11) is 0. The molecule has 1 saturated heterocycles. The van der Waals surface area contributed by atoms with E-state index in [1.807, 2.05) is 10.9 Å². The van der Waals surface area contributed by atoms with Gasteiger partial charge in [0.1, 0.15) is 5.82 Å². The molecule has 2 atom stereocenters. The highest BCUT2D eigenvalue weighted by Crippen LogP contribution is 2.34. The Morgan fingerprint density at radius 1 is 1.30 bits per heavy atom. The number of amides is 1. The Morgan fingerprint density at radius 3 is 2.85 bits per heavy atom. The number of aliphatic hydroxyl groups excluding tert-OH is 1. The summed E-state index contributed by atoms with van der Waals surface area (Å²) in [5.41, 5.74) is 0.862. The molecular weight excluding hydrogens is 347 g/mol. The third-order valence-corrected chi connectivity index (χ3v) is 5.76. The molecule has 1 aromatic carbocycles. The first-order valence-electron chi connectivity index (χ1n) is 9.61. The number of hydrogen-bond acceptors (Lipinski definition) is 4. The molecule has 1 aliphatic carbocycles. The highest BCUT2D eigenvalue weighted by Gasteiger charge is 2.38. The predicted octanol–water partition coefficient (Wildman–Crippen LogP) is 2.82. The topological polar surface area (TPSA) is 70.4 Å². The highest BCUT2D eigenvalue weighted by atomic mass is 19.1. The van der Waals surface area contributed by atoms with E-state index in [1.54, 1.807) is 12.3 Å². The fourth-order valence-corrected chi connectivity index (χ4v) is 4.41. The lowest BCUT2D eigenvalue weighted by Crippen LogP contribution is -2.39. The monoisotopic (exact) mass is 372 g/mol. The molecule has 4 rings (SSSR count). The summed E-state index contributed by atoms with van der Waals surface area (Å²) in [6.07, 6.45) is 9.22. The van der Waals surface area contributed by atoms with Crippen LogP contribution in [-0.2, 0) is 0 Å². The number of nitrogens with one attached hydrogen (secondary N) is 1. The van der Waals surface area contributed by atoms with E-state index < -0.39 is 5.82 Å². The number of benzene rings is 1. The van der Waals surface area contributed by atoms with E-state index in [0.29, 0.717) is 11.7 Å². The molecule has 0 spiro atoms. The molecule has 0 unspecified atom stereocenters. The minimum absolute atomic E-state index is 0.164. The van der Waals surface area contributed by atoms with Gasteiger partial charge in [0.25, 0.3) is 5.91 Å². The van der Waals surface area contributed by atoms with Crippen LogP contribution in [0.1, 0.15) is 48.5 Å². The average Bonchev–Trinajstić information content (AvgIpc) is 3.41. The van der Waals surface area contributed by atoms with Crippen molar-refractivity contribution in [1.82, 2.24) is 14.7 Å². The summed E-state index contributed by atoms with van der Waals surface area (Å²) in [6.45, 7) is 1.03. The summed E-state index contributed by atoms with van der Waals surface area (Å²) in [6, 6.07) is 6.53. The Hall–Kier alpha value is -2.25. The van der Waals surface area contributed by atoms with Gasteiger partial charge < -0.3 is 10.4 Å². The zero-order chi connectivity index (χ0) is 18.8. The van der Waals surface area contributed by atoms with Crippen molar-refractivity contribution in [3.05, 3.63) is 48.0 Å². The van der Waals surface area contributed by atoms with Crippen molar-refractivity contribution < 1.29 is 14.3 Å². The molecule has 27 heavy (non-hydrogen) atoms. The number of rotatable bonds is 5. The number of halogens is 1. The molecule has 1 aliphatic heterocycles. The molecule has 2 heterocycles. The number of nitrogens with zero attached hydrogens (tertiary/aromatic N) is 3. The first-order chi connectivity index (χ1) is 13.1. The van der Waals surface area contributed by atoms with E-state index in [1.165, 1.54) is 43.9 Å². The van der Waals surface area contributed by atoms with Crippen molar-refractivity contribution in [2.24, 2.45) is 0 Å². The number of carbonyl (C=O) groups is 1. The largest absolute Gasteiger partial charge is 0.395 e. The van der Waals surface area contributed by atoms with Crippen molar-refractivity contribution in [3.63, 3.8) is 0 Å². The van der Waals surface area contributed by atoms with E-state index in [2.05, 4.69) is 15.3 Å². The molecule has 0 bridgehead atoms. The zero-order valence-electron chi connectivity index (χ0n) is 15.2. The predicted molar refractivity (Wildman–Crippen MR) is 100 cm³/mol. The summed E-state index contributed by atoms with van der Waals surface area (Å²) < 4.78 is 15.2. The van der Waals surface area contributed by atoms with Crippen molar-refractivity contribution >= 4 is 11.6 Å². The third-order valence-electron chi connectivity index (χ3n) is 5.76. The molecule has 6 nitrogen and oxygen atoms in total. The van der Waals surface area contributed by atoms with Gasteiger partial charge in [-0.25, -0.2) is 4.39 Å². The molecule has 2 aromatic rings. The summed E-state index contributed by atoms with van der Waals surface area (Å²) in [5.74, 6) is -0.798. The van der Waals surface area contributed by atoms with Crippen LogP contribution in [0.5, 0.6) is 0 Å². The first-order valence-corrected chi connectivity index (χ1v) is 9.61. The highest BCUT2D eigenvalue weighted by molar-refractivity contribution is 6.04. The van der Waals surface area contributed by atoms with Gasteiger partial charge in [-0.15, -0.1) is 0 Å². The summed E-state index contributed by atoms with van der Waals surface area (Å²) in [4.78, 5) is 14.7. The normalized spacial score (nSPS) is 23.8. The van der Waals surface area contributed by atoms with E-state index in [0.717, 1.165) is 13.0 Å². The van der Waals surface area contributed by atoms with Gasteiger partial charge in [-0.05, 0) is 37.5 Å². The van der Waals surface area contributed by atoms with Gasteiger partial charge in [-0.1, -0.05) is 18.9 Å². The second-order valence-electron chi connectivity index (χ2n) is 7.53. The molecular formula is C20H25FN4O2. The van der Waals surface area contributed by atoms with Crippen molar-refractivity contribution in [3.8, 4) is 0 Å². The lowest BCUT2D eigenvalue weighted by molar-refractivity contribution is 0.102. The number of anilines is 1. The second kappa shape index (κ2) is 7.78. The van der Waals surface area contributed by atoms with Crippen molar-refractivity contribution in [1.29, 1.82) is 0 Å². The van der Waals surface area contributed by atoms with Gasteiger partial charge >= 0.3 is 0 Å². The SMILES string of the molecule is O=C(Nc1cnn([C@H]2C[C@@H](CO)N(C3CCCC3)C2)c1)c1cccc(F)c1. The fraction of sp³-hybridized carbons (Fsp3) is 0.500. The van der Waals surface area contributed by atoms with E-state index in [4.69, 9.17) is 0 Å². The third kappa shape index (κ3) is 3.89.